The maximum atomic E-state index is 5.44. The van der Waals surface area contributed by atoms with Crippen LogP contribution in [0.25, 0.3) is 0 Å². The van der Waals surface area contributed by atoms with E-state index in [0.29, 0.717) is 6.04 Å². The first-order valence-corrected chi connectivity index (χ1v) is 7.11. The van der Waals surface area contributed by atoms with E-state index in [-0.39, 0.29) is 0 Å². The summed E-state index contributed by atoms with van der Waals surface area (Å²) in [5.41, 5.74) is 1.37. The zero-order valence-electron chi connectivity index (χ0n) is 11.3. The van der Waals surface area contributed by atoms with E-state index < -0.39 is 0 Å². The molecule has 1 unspecified atom stereocenters. The lowest BCUT2D eigenvalue weighted by molar-refractivity contribution is 0.0605. The van der Waals surface area contributed by atoms with Gasteiger partial charge in [0.15, 0.2) is 0 Å². The molecule has 3 heteroatoms. The number of hydrogen-bond donors (Lipinski definition) is 1. The number of aromatic nitrogens is 1. The van der Waals surface area contributed by atoms with Gasteiger partial charge in [0.25, 0.3) is 0 Å². The summed E-state index contributed by atoms with van der Waals surface area (Å²) < 4.78 is 5.44. The summed E-state index contributed by atoms with van der Waals surface area (Å²) in [5.74, 6) is 0.793. The van der Waals surface area contributed by atoms with E-state index in [1.54, 1.807) is 0 Å². The highest BCUT2D eigenvalue weighted by molar-refractivity contribution is 5.15. The summed E-state index contributed by atoms with van der Waals surface area (Å²) >= 11 is 0. The summed E-state index contributed by atoms with van der Waals surface area (Å²) in [6.07, 6.45) is 8.58. The van der Waals surface area contributed by atoms with Crippen LogP contribution in [0.2, 0.25) is 0 Å². The Kier molecular flexibility index (Phi) is 5.62. The molecule has 0 aromatic carbocycles. The zero-order chi connectivity index (χ0) is 12.6. The molecule has 2 heterocycles. The van der Waals surface area contributed by atoms with Gasteiger partial charge in [0.2, 0.25) is 0 Å². The molecule has 0 aliphatic carbocycles. The van der Waals surface area contributed by atoms with E-state index in [9.17, 15) is 0 Å². The second-order valence-corrected chi connectivity index (χ2v) is 5.08. The quantitative estimate of drug-likeness (QED) is 0.840. The highest BCUT2D eigenvalue weighted by atomic mass is 16.5. The van der Waals surface area contributed by atoms with E-state index in [0.717, 1.165) is 25.7 Å². The Morgan fingerprint density at radius 1 is 1.33 bits per heavy atom. The van der Waals surface area contributed by atoms with Crippen molar-refractivity contribution in [3.8, 4) is 0 Å². The van der Waals surface area contributed by atoms with Crippen molar-refractivity contribution in [3.05, 3.63) is 30.1 Å². The van der Waals surface area contributed by atoms with Crippen LogP contribution in [0.15, 0.2) is 24.5 Å². The molecule has 0 amide bonds. The first-order valence-electron chi connectivity index (χ1n) is 7.11. The van der Waals surface area contributed by atoms with Crippen molar-refractivity contribution >= 4 is 0 Å². The van der Waals surface area contributed by atoms with Crippen LogP contribution in [0.4, 0.5) is 0 Å². The summed E-state index contributed by atoms with van der Waals surface area (Å²) in [6.45, 7) is 5.16. The number of nitrogens with zero attached hydrogens (tertiary/aromatic N) is 1. The molecule has 1 atom stereocenters. The Bertz CT molecular complexity index is 323. The molecule has 1 fully saturated rings. The number of nitrogens with one attached hydrogen (secondary N) is 1. The van der Waals surface area contributed by atoms with Crippen LogP contribution in [0.5, 0.6) is 0 Å². The predicted molar refractivity (Wildman–Crippen MR) is 73.4 cm³/mol. The van der Waals surface area contributed by atoms with Crippen molar-refractivity contribution in [2.75, 3.05) is 19.8 Å². The maximum Gasteiger partial charge on any atom is 0.0468 e. The molecule has 18 heavy (non-hydrogen) atoms. The molecule has 0 spiro atoms. The number of pyridine rings is 1. The van der Waals surface area contributed by atoms with Crippen LogP contribution < -0.4 is 5.32 Å². The summed E-state index contributed by atoms with van der Waals surface area (Å²) in [7, 11) is 0. The van der Waals surface area contributed by atoms with Gasteiger partial charge in [0.05, 0.1) is 0 Å². The van der Waals surface area contributed by atoms with Gasteiger partial charge >= 0.3 is 0 Å². The number of ether oxygens (including phenoxy) is 1. The number of rotatable bonds is 6. The van der Waals surface area contributed by atoms with Crippen LogP contribution in [0, 0.1) is 5.92 Å². The van der Waals surface area contributed by atoms with Gasteiger partial charge in [-0.2, -0.15) is 0 Å². The van der Waals surface area contributed by atoms with Gasteiger partial charge in [-0.05, 0) is 55.8 Å². The minimum atomic E-state index is 0.469. The summed E-state index contributed by atoms with van der Waals surface area (Å²) in [5, 5.41) is 3.66. The average Bonchev–Trinajstić information content (AvgIpc) is 2.45. The molecule has 1 aromatic heterocycles. The van der Waals surface area contributed by atoms with Gasteiger partial charge in [-0.1, -0.05) is 6.92 Å². The molecule has 0 radical (unpaired) electrons. The fourth-order valence-electron chi connectivity index (χ4n) is 2.57. The molecular weight excluding hydrogens is 224 g/mol. The first-order chi connectivity index (χ1) is 8.90. The molecule has 1 aliphatic heterocycles. The topological polar surface area (TPSA) is 34.1 Å². The highest BCUT2D eigenvalue weighted by Gasteiger charge is 2.19. The monoisotopic (exact) mass is 248 g/mol. The van der Waals surface area contributed by atoms with E-state index in [4.69, 9.17) is 4.74 Å². The molecule has 1 N–H and O–H groups in total. The molecule has 2 rings (SSSR count). The Hall–Kier alpha value is -0.930. The standard InChI is InChI=1S/C15H24N2O/c1-2-7-17-15(14-3-8-16-9-4-14)12-13-5-10-18-11-6-13/h3-4,8-9,13,15,17H,2,5-7,10-12H2,1H3. The molecule has 100 valence electrons. The molecular formula is C15H24N2O. The molecule has 1 aromatic rings. The normalized spacial score (nSPS) is 18.7. The second-order valence-electron chi connectivity index (χ2n) is 5.08. The molecule has 1 saturated heterocycles. The maximum absolute atomic E-state index is 5.44. The second kappa shape index (κ2) is 7.49. The van der Waals surface area contributed by atoms with Crippen molar-refractivity contribution in [3.63, 3.8) is 0 Å². The lowest BCUT2D eigenvalue weighted by Crippen LogP contribution is -2.27. The van der Waals surface area contributed by atoms with Crippen molar-refractivity contribution in [1.29, 1.82) is 0 Å². The van der Waals surface area contributed by atoms with Gasteiger partial charge in [0, 0.05) is 31.6 Å². The van der Waals surface area contributed by atoms with Gasteiger partial charge in [-0.15, -0.1) is 0 Å². The third-order valence-corrected chi connectivity index (χ3v) is 3.66. The van der Waals surface area contributed by atoms with Gasteiger partial charge in [-0.25, -0.2) is 0 Å². The summed E-state index contributed by atoms with van der Waals surface area (Å²) in [4.78, 5) is 4.11. The Labute approximate surface area is 110 Å². The third kappa shape index (κ3) is 4.07. The van der Waals surface area contributed by atoms with Crippen LogP contribution >= 0.6 is 0 Å². The lowest BCUT2D eigenvalue weighted by Gasteiger charge is -2.27. The molecule has 1 aliphatic rings. The Morgan fingerprint density at radius 3 is 2.72 bits per heavy atom. The van der Waals surface area contributed by atoms with Gasteiger partial charge in [-0.3, -0.25) is 4.98 Å². The fourth-order valence-corrected chi connectivity index (χ4v) is 2.57. The Morgan fingerprint density at radius 2 is 2.06 bits per heavy atom. The van der Waals surface area contributed by atoms with Crippen molar-refractivity contribution in [2.24, 2.45) is 5.92 Å². The first kappa shape index (κ1) is 13.5. The fraction of sp³-hybridized carbons (Fsp3) is 0.667. The van der Waals surface area contributed by atoms with E-state index in [2.05, 4.69) is 29.4 Å². The lowest BCUT2D eigenvalue weighted by atomic mass is 9.89. The summed E-state index contributed by atoms with van der Waals surface area (Å²) in [6, 6.07) is 4.73. The predicted octanol–water partition coefficient (Wildman–Crippen LogP) is 2.94. The third-order valence-electron chi connectivity index (χ3n) is 3.66. The highest BCUT2D eigenvalue weighted by Crippen LogP contribution is 2.27. The van der Waals surface area contributed by atoms with E-state index in [1.807, 2.05) is 12.4 Å². The largest absolute Gasteiger partial charge is 0.381 e. The Balaban J connectivity index is 1.95. The molecule has 0 saturated carbocycles. The van der Waals surface area contributed by atoms with E-state index >= 15 is 0 Å². The van der Waals surface area contributed by atoms with Gasteiger partial charge < -0.3 is 10.1 Å². The average molecular weight is 248 g/mol. The number of hydrogen-bond acceptors (Lipinski definition) is 3. The van der Waals surface area contributed by atoms with E-state index in [1.165, 1.54) is 31.2 Å². The molecule has 3 nitrogen and oxygen atoms in total. The smallest absolute Gasteiger partial charge is 0.0468 e. The zero-order valence-corrected chi connectivity index (χ0v) is 11.3. The SMILES string of the molecule is CCCNC(CC1CCOCC1)c1ccncc1. The van der Waals surface area contributed by atoms with Crippen LogP contribution in [-0.2, 0) is 4.74 Å². The van der Waals surface area contributed by atoms with Crippen molar-refractivity contribution < 1.29 is 4.74 Å². The van der Waals surface area contributed by atoms with Crippen LogP contribution in [0.1, 0.15) is 44.2 Å². The molecule has 0 bridgehead atoms. The van der Waals surface area contributed by atoms with Crippen molar-refractivity contribution in [2.45, 2.75) is 38.6 Å². The van der Waals surface area contributed by atoms with Gasteiger partial charge in [0.1, 0.15) is 0 Å². The van der Waals surface area contributed by atoms with Crippen molar-refractivity contribution in [1.82, 2.24) is 10.3 Å². The minimum Gasteiger partial charge on any atom is -0.381 e. The van der Waals surface area contributed by atoms with Crippen LogP contribution in [-0.4, -0.2) is 24.7 Å². The minimum absolute atomic E-state index is 0.469. The van der Waals surface area contributed by atoms with Crippen LogP contribution in [0.3, 0.4) is 0 Å².